The van der Waals surface area contributed by atoms with E-state index in [0.29, 0.717) is 12.1 Å². The van der Waals surface area contributed by atoms with E-state index < -0.39 is 17.5 Å². The van der Waals surface area contributed by atoms with Gasteiger partial charge in [0.05, 0.1) is 7.11 Å². The smallest absolute Gasteiger partial charge is 0.251 e. The second-order valence-corrected chi connectivity index (χ2v) is 6.62. The van der Waals surface area contributed by atoms with E-state index in [0.717, 1.165) is 38.1 Å². The van der Waals surface area contributed by atoms with Crippen molar-refractivity contribution in [1.29, 1.82) is 0 Å². The number of ether oxygens (including phenoxy) is 1. The average molecular weight is 378 g/mol. The van der Waals surface area contributed by atoms with Gasteiger partial charge in [0.15, 0.2) is 23.2 Å². The number of carbonyl (C=O) groups excluding carboxylic acids is 1. The molecule has 7 heteroatoms. The van der Waals surface area contributed by atoms with Crippen LogP contribution in [0.5, 0.6) is 5.75 Å². The Kier molecular flexibility index (Phi) is 6.01. The molecule has 1 heterocycles. The number of nitrogens with zero attached hydrogens (tertiary/aromatic N) is 1. The summed E-state index contributed by atoms with van der Waals surface area (Å²) in [5.41, 5.74) is 0.961. The van der Waals surface area contributed by atoms with Crippen molar-refractivity contribution in [3.8, 4) is 5.75 Å². The summed E-state index contributed by atoms with van der Waals surface area (Å²) in [6.45, 7) is 1.98. The quantitative estimate of drug-likeness (QED) is 0.866. The normalized spacial score (nSPS) is 15.6. The number of methoxy groups -OCH3 is 1. The lowest BCUT2D eigenvalue weighted by molar-refractivity contribution is 0.0908. The summed E-state index contributed by atoms with van der Waals surface area (Å²) in [5, 5.41) is 2.92. The number of likely N-dealkylation sites (tertiary alicyclic amines) is 1. The molecule has 1 fully saturated rings. The topological polar surface area (TPSA) is 41.6 Å². The van der Waals surface area contributed by atoms with Gasteiger partial charge in [0.2, 0.25) is 0 Å². The van der Waals surface area contributed by atoms with Gasteiger partial charge in [-0.05, 0) is 48.7 Å². The van der Waals surface area contributed by atoms with Gasteiger partial charge in [-0.1, -0.05) is 6.07 Å². The molecule has 144 valence electrons. The van der Waals surface area contributed by atoms with Crippen molar-refractivity contribution in [3.05, 3.63) is 65.0 Å². The molecular weight excluding hydrogens is 357 g/mol. The first kappa shape index (κ1) is 19.2. The molecule has 0 unspecified atom stereocenters. The van der Waals surface area contributed by atoms with Gasteiger partial charge in [-0.25, -0.2) is 13.2 Å². The molecule has 0 atom stereocenters. The molecule has 0 aliphatic carbocycles. The van der Waals surface area contributed by atoms with Crippen LogP contribution in [0.4, 0.5) is 13.2 Å². The first-order valence-electron chi connectivity index (χ1n) is 8.77. The minimum atomic E-state index is -0.852. The van der Waals surface area contributed by atoms with Gasteiger partial charge >= 0.3 is 0 Å². The molecule has 1 N–H and O–H groups in total. The first-order chi connectivity index (χ1) is 13.0. The molecule has 1 aliphatic rings. The highest BCUT2D eigenvalue weighted by Gasteiger charge is 2.22. The SMILES string of the molecule is COc1ccc(C(=O)NC2CCN(Cc3ccc(F)c(F)c3)CC2)cc1F. The van der Waals surface area contributed by atoms with Crippen LogP contribution in [0.2, 0.25) is 0 Å². The fourth-order valence-electron chi connectivity index (χ4n) is 3.21. The second kappa shape index (κ2) is 8.43. The van der Waals surface area contributed by atoms with E-state index in [9.17, 15) is 18.0 Å². The number of amides is 1. The van der Waals surface area contributed by atoms with Gasteiger partial charge in [0.25, 0.3) is 5.91 Å². The van der Waals surface area contributed by atoms with Crippen molar-refractivity contribution in [1.82, 2.24) is 10.2 Å². The molecule has 3 rings (SSSR count). The molecule has 1 saturated heterocycles. The van der Waals surface area contributed by atoms with E-state index in [1.807, 2.05) is 0 Å². The standard InChI is InChI=1S/C20H21F3N2O2/c1-27-19-5-3-14(11-18(19)23)20(26)24-15-6-8-25(9-7-15)12-13-2-4-16(21)17(22)10-13/h2-5,10-11,15H,6-9,12H2,1H3,(H,24,26). The third kappa shape index (κ3) is 4.80. The summed E-state index contributed by atoms with van der Waals surface area (Å²) in [4.78, 5) is 14.4. The number of rotatable bonds is 5. The second-order valence-electron chi connectivity index (χ2n) is 6.62. The largest absolute Gasteiger partial charge is 0.494 e. The Morgan fingerprint density at radius 2 is 1.81 bits per heavy atom. The fourth-order valence-corrected chi connectivity index (χ4v) is 3.21. The molecule has 1 amide bonds. The number of hydrogen-bond donors (Lipinski definition) is 1. The summed E-state index contributed by atoms with van der Waals surface area (Å²) in [6, 6.07) is 8.01. The summed E-state index contributed by atoms with van der Waals surface area (Å²) >= 11 is 0. The average Bonchev–Trinajstić information content (AvgIpc) is 2.66. The predicted molar refractivity (Wildman–Crippen MR) is 95.1 cm³/mol. The zero-order chi connectivity index (χ0) is 19.4. The van der Waals surface area contributed by atoms with Crippen LogP contribution in [-0.2, 0) is 6.54 Å². The lowest BCUT2D eigenvalue weighted by atomic mass is 10.0. The van der Waals surface area contributed by atoms with Gasteiger partial charge in [-0.2, -0.15) is 0 Å². The third-order valence-corrected chi connectivity index (χ3v) is 4.73. The number of benzene rings is 2. The number of nitrogens with one attached hydrogen (secondary N) is 1. The van der Waals surface area contributed by atoms with Crippen LogP contribution in [0.25, 0.3) is 0 Å². The van der Waals surface area contributed by atoms with Crippen LogP contribution in [0.1, 0.15) is 28.8 Å². The predicted octanol–water partition coefficient (Wildman–Crippen LogP) is 3.51. The molecule has 0 radical (unpaired) electrons. The summed E-state index contributed by atoms with van der Waals surface area (Å²) in [5.74, 6) is -2.50. The minimum Gasteiger partial charge on any atom is -0.494 e. The van der Waals surface area contributed by atoms with Gasteiger partial charge in [-0.3, -0.25) is 9.69 Å². The van der Waals surface area contributed by atoms with E-state index >= 15 is 0 Å². The van der Waals surface area contributed by atoms with Crippen molar-refractivity contribution < 1.29 is 22.7 Å². The zero-order valence-corrected chi connectivity index (χ0v) is 15.0. The summed E-state index contributed by atoms with van der Waals surface area (Å²) in [7, 11) is 1.37. The molecule has 27 heavy (non-hydrogen) atoms. The summed E-state index contributed by atoms with van der Waals surface area (Å²) < 4.78 is 44.9. The molecule has 0 aromatic heterocycles. The van der Waals surface area contributed by atoms with E-state index in [1.165, 1.54) is 25.3 Å². The minimum absolute atomic E-state index is 0.0103. The highest BCUT2D eigenvalue weighted by molar-refractivity contribution is 5.94. The van der Waals surface area contributed by atoms with E-state index in [-0.39, 0.29) is 23.3 Å². The maximum atomic E-state index is 13.7. The Morgan fingerprint density at radius 1 is 1.07 bits per heavy atom. The Balaban J connectivity index is 1.51. The van der Waals surface area contributed by atoms with Crippen molar-refractivity contribution >= 4 is 5.91 Å². The lowest BCUT2D eigenvalue weighted by Gasteiger charge is -2.32. The highest BCUT2D eigenvalue weighted by atomic mass is 19.2. The Hall–Kier alpha value is -2.54. The molecule has 2 aromatic carbocycles. The maximum Gasteiger partial charge on any atom is 0.251 e. The Bertz CT molecular complexity index is 821. The molecule has 4 nitrogen and oxygen atoms in total. The third-order valence-electron chi connectivity index (χ3n) is 4.73. The van der Waals surface area contributed by atoms with Crippen LogP contribution in [0.3, 0.4) is 0 Å². The van der Waals surface area contributed by atoms with Crippen molar-refractivity contribution in [2.45, 2.75) is 25.4 Å². The molecule has 0 bridgehead atoms. The van der Waals surface area contributed by atoms with Crippen molar-refractivity contribution in [2.75, 3.05) is 20.2 Å². The van der Waals surface area contributed by atoms with Crippen LogP contribution >= 0.6 is 0 Å². The Labute approximate surface area is 155 Å². The summed E-state index contributed by atoms with van der Waals surface area (Å²) in [6.07, 6.45) is 1.46. The first-order valence-corrected chi connectivity index (χ1v) is 8.77. The van der Waals surface area contributed by atoms with Crippen molar-refractivity contribution in [2.24, 2.45) is 0 Å². The van der Waals surface area contributed by atoms with Crippen LogP contribution in [0.15, 0.2) is 36.4 Å². The maximum absolute atomic E-state index is 13.7. The molecule has 1 aliphatic heterocycles. The number of hydrogen-bond acceptors (Lipinski definition) is 3. The number of carbonyl (C=O) groups is 1. The fraction of sp³-hybridized carbons (Fsp3) is 0.350. The van der Waals surface area contributed by atoms with Gasteiger partial charge < -0.3 is 10.1 Å². The number of halogens is 3. The van der Waals surface area contributed by atoms with Crippen LogP contribution < -0.4 is 10.1 Å². The molecule has 0 spiro atoms. The van der Waals surface area contributed by atoms with Gasteiger partial charge in [-0.15, -0.1) is 0 Å². The van der Waals surface area contributed by atoms with Crippen LogP contribution in [0, 0.1) is 17.5 Å². The van der Waals surface area contributed by atoms with Gasteiger partial charge in [0.1, 0.15) is 0 Å². The van der Waals surface area contributed by atoms with E-state index in [1.54, 1.807) is 6.07 Å². The number of piperidine rings is 1. The highest BCUT2D eigenvalue weighted by Crippen LogP contribution is 2.19. The van der Waals surface area contributed by atoms with Crippen molar-refractivity contribution in [3.63, 3.8) is 0 Å². The zero-order valence-electron chi connectivity index (χ0n) is 15.0. The molecule has 0 saturated carbocycles. The van der Waals surface area contributed by atoms with E-state index in [4.69, 9.17) is 4.74 Å². The molecular formula is C20H21F3N2O2. The lowest BCUT2D eigenvalue weighted by Crippen LogP contribution is -2.44. The van der Waals surface area contributed by atoms with Crippen LogP contribution in [-0.4, -0.2) is 37.0 Å². The Morgan fingerprint density at radius 3 is 2.44 bits per heavy atom. The van der Waals surface area contributed by atoms with Gasteiger partial charge in [0, 0.05) is 31.2 Å². The van der Waals surface area contributed by atoms with E-state index in [2.05, 4.69) is 10.2 Å². The molecule has 2 aromatic rings. The monoisotopic (exact) mass is 378 g/mol.